The van der Waals surface area contributed by atoms with Crippen LogP contribution in [0, 0.1) is 0 Å². The van der Waals surface area contributed by atoms with Gasteiger partial charge in [-0.3, -0.25) is 0 Å². The highest BCUT2D eigenvalue weighted by Crippen LogP contribution is 2.26. The van der Waals surface area contributed by atoms with E-state index >= 15 is 0 Å². The fourth-order valence-electron chi connectivity index (χ4n) is 2.19. The van der Waals surface area contributed by atoms with E-state index in [1.165, 1.54) is 0 Å². The van der Waals surface area contributed by atoms with E-state index in [0.29, 0.717) is 11.8 Å². The highest BCUT2D eigenvalue weighted by atomic mass is 15.2. The monoisotopic (exact) mass is 342 g/mol. The molecule has 136 valence electrons. The molecule has 6 heteroatoms. The first-order chi connectivity index (χ1) is 11.6. The molecule has 0 bridgehead atoms. The van der Waals surface area contributed by atoms with Crippen molar-refractivity contribution in [3.8, 4) is 0 Å². The van der Waals surface area contributed by atoms with E-state index in [1.807, 2.05) is 18.2 Å². The largest absolute Gasteiger partial charge is 0.380 e. The van der Waals surface area contributed by atoms with Gasteiger partial charge >= 0.3 is 0 Å². The zero-order chi connectivity index (χ0) is 18.7. The third-order valence-electron chi connectivity index (χ3n) is 4.63. The molecule has 2 rings (SSSR count). The lowest BCUT2D eigenvalue weighted by Gasteiger charge is -2.26. The van der Waals surface area contributed by atoms with E-state index in [-0.39, 0.29) is 16.9 Å². The van der Waals surface area contributed by atoms with Crippen LogP contribution in [0.25, 0.3) is 0 Å². The van der Waals surface area contributed by atoms with Crippen molar-refractivity contribution < 1.29 is 0 Å². The van der Waals surface area contributed by atoms with Crippen LogP contribution in [-0.2, 0) is 5.41 Å². The fourth-order valence-corrected chi connectivity index (χ4v) is 2.19. The average Bonchev–Trinajstić information content (AvgIpc) is 2.54. The number of hydrogen-bond acceptors (Lipinski definition) is 6. The van der Waals surface area contributed by atoms with Crippen molar-refractivity contribution in [3.05, 3.63) is 30.1 Å². The third kappa shape index (κ3) is 5.05. The maximum Gasteiger partial charge on any atom is 0.232 e. The molecule has 0 aliphatic rings. The lowest BCUT2D eigenvalue weighted by atomic mass is 9.89. The van der Waals surface area contributed by atoms with Gasteiger partial charge in [-0.1, -0.05) is 33.8 Å². The second-order valence-electron chi connectivity index (χ2n) is 7.65. The Bertz CT molecular complexity index is 724. The third-order valence-corrected chi connectivity index (χ3v) is 4.63. The second-order valence-corrected chi connectivity index (χ2v) is 7.65. The van der Waals surface area contributed by atoms with Crippen molar-refractivity contribution in [1.82, 2.24) is 15.0 Å². The summed E-state index contributed by atoms with van der Waals surface area (Å²) < 4.78 is 0. The molecule has 0 fully saturated rings. The number of rotatable bonds is 7. The summed E-state index contributed by atoms with van der Waals surface area (Å²) in [5.74, 6) is 1.40. The molecule has 2 aromatic rings. The van der Waals surface area contributed by atoms with Crippen molar-refractivity contribution >= 4 is 23.3 Å². The first-order valence-corrected chi connectivity index (χ1v) is 8.82. The number of nitrogens with zero attached hydrogens (tertiary/aromatic N) is 3. The van der Waals surface area contributed by atoms with Crippen LogP contribution in [0.5, 0.6) is 0 Å². The Kier molecular flexibility index (Phi) is 5.50. The van der Waals surface area contributed by atoms with Crippen LogP contribution in [0.3, 0.4) is 0 Å². The van der Waals surface area contributed by atoms with Gasteiger partial charge in [0.2, 0.25) is 11.9 Å². The van der Waals surface area contributed by atoms with Gasteiger partial charge in [0, 0.05) is 22.3 Å². The zero-order valence-electron chi connectivity index (χ0n) is 16.1. The molecule has 0 atom stereocenters. The minimum absolute atomic E-state index is 0.0362. The van der Waals surface area contributed by atoms with Gasteiger partial charge in [-0.25, -0.2) is 0 Å². The molecule has 0 radical (unpaired) electrons. The highest BCUT2D eigenvalue weighted by molar-refractivity contribution is 5.62. The molecular weight excluding hydrogens is 312 g/mol. The molecule has 1 aromatic carbocycles. The lowest BCUT2D eigenvalue weighted by molar-refractivity contribution is 0.472. The number of anilines is 4. The van der Waals surface area contributed by atoms with Crippen LogP contribution in [0.4, 0.5) is 23.3 Å². The molecule has 0 amide bonds. The SMILES string of the molecule is CCC(C)(C)Nc1cccc(Nc2nc(N)nc(C(C)(C)CC)n2)c1. The van der Waals surface area contributed by atoms with Crippen LogP contribution < -0.4 is 16.4 Å². The first kappa shape index (κ1) is 19.0. The molecule has 0 saturated carbocycles. The molecule has 25 heavy (non-hydrogen) atoms. The van der Waals surface area contributed by atoms with Gasteiger partial charge in [0.15, 0.2) is 0 Å². The van der Waals surface area contributed by atoms with Crippen LogP contribution >= 0.6 is 0 Å². The summed E-state index contributed by atoms with van der Waals surface area (Å²) in [5.41, 5.74) is 7.72. The predicted molar refractivity (Wildman–Crippen MR) is 105 cm³/mol. The summed E-state index contributed by atoms with van der Waals surface area (Å²) in [5, 5.41) is 6.78. The van der Waals surface area contributed by atoms with Crippen molar-refractivity contribution in [2.75, 3.05) is 16.4 Å². The normalized spacial score (nSPS) is 12.1. The summed E-state index contributed by atoms with van der Waals surface area (Å²) in [6, 6.07) is 8.07. The average molecular weight is 342 g/mol. The van der Waals surface area contributed by atoms with E-state index in [1.54, 1.807) is 0 Å². The Morgan fingerprint density at radius 2 is 1.64 bits per heavy atom. The van der Waals surface area contributed by atoms with Gasteiger partial charge in [-0.15, -0.1) is 0 Å². The van der Waals surface area contributed by atoms with Crippen molar-refractivity contribution in [2.45, 2.75) is 65.3 Å². The Labute approximate surface area is 150 Å². The maximum atomic E-state index is 5.88. The van der Waals surface area contributed by atoms with Crippen LogP contribution in [0.2, 0.25) is 0 Å². The topological polar surface area (TPSA) is 88.8 Å². The Hall–Kier alpha value is -2.37. The van der Waals surface area contributed by atoms with E-state index < -0.39 is 0 Å². The predicted octanol–water partition coefficient (Wildman–Crippen LogP) is 4.49. The summed E-state index contributed by atoms with van der Waals surface area (Å²) >= 11 is 0. The molecule has 0 unspecified atom stereocenters. The Morgan fingerprint density at radius 1 is 0.960 bits per heavy atom. The van der Waals surface area contributed by atoms with Crippen molar-refractivity contribution in [1.29, 1.82) is 0 Å². The number of nitrogens with one attached hydrogen (secondary N) is 2. The van der Waals surface area contributed by atoms with Gasteiger partial charge in [0.05, 0.1) is 0 Å². The first-order valence-electron chi connectivity index (χ1n) is 8.82. The quantitative estimate of drug-likeness (QED) is 0.687. The molecular formula is C19H30N6. The van der Waals surface area contributed by atoms with Gasteiger partial charge in [0.25, 0.3) is 0 Å². The molecule has 0 spiro atoms. The van der Waals surface area contributed by atoms with Crippen LogP contribution in [0.1, 0.15) is 60.2 Å². The number of hydrogen-bond donors (Lipinski definition) is 3. The smallest absolute Gasteiger partial charge is 0.232 e. The molecule has 0 aliphatic carbocycles. The number of benzene rings is 1. The summed E-state index contributed by atoms with van der Waals surface area (Å²) in [7, 11) is 0. The van der Waals surface area contributed by atoms with E-state index in [9.17, 15) is 0 Å². The molecule has 6 nitrogen and oxygen atoms in total. The standard InChI is InChI=1S/C19H30N6/c1-7-18(3,4)15-22-16(20)24-17(23-15)21-13-10-9-11-14(12-13)25-19(5,6)8-2/h9-12,25H,7-8H2,1-6H3,(H3,20,21,22,23,24). The Morgan fingerprint density at radius 3 is 2.28 bits per heavy atom. The van der Waals surface area contributed by atoms with E-state index in [2.05, 4.69) is 73.2 Å². The number of nitrogens with two attached hydrogens (primary N) is 1. The summed E-state index contributed by atoms with van der Waals surface area (Å²) in [4.78, 5) is 13.1. The maximum absolute atomic E-state index is 5.88. The van der Waals surface area contributed by atoms with Crippen LogP contribution in [0.15, 0.2) is 24.3 Å². The second kappa shape index (κ2) is 7.25. The number of aromatic nitrogens is 3. The molecule has 1 aromatic heterocycles. The van der Waals surface area contributed by atoms with Crippen molar-refractivity contribution in [3.63, 3.8) is 0 Å². The lowest BCUT2D eigenvalue weighted by Crippen LogP contribution is -2.29. The van der Waals surface area contributed by atoms with E-state index in [0.717, 1.165) is 24.2 Å². The minimum Gasteiger partial charge on any atom is -0.380 e. The van der Waals surface area contributed by atoms with E-state index in [4.69, 9.17) is 5.73 Å². The zero-order valence-corrected chi connectivity index (χ0v) is 16.1. The van der Waals surface area contributed by atoms with Crippen molar-refractivity contribution in [2.24, 2.45) is 0 Å². The van der Waals surface area contributed by atoms with Gasteiger partial charge in [-0.2, -0.15) is 15.0 Å². The molecule has 0 saturated heterocycles. The van der Waals surface area contributed by atoms with Gasteiger partial charge < -0.3 is 16.4 Å². The van der Waals surface area contributed by atoms with Gasteiger partial charge in [0.1, 0.15) is 5.82 Å². The highest BCUT2D eigenvalue weighted by Gasteiger charge is 2.23. The summed E-state index contributed by atoms with van der Waals surface area (Å²) in [6.07, 6.45) is 1.95. The molecule has 1 heterocycles. The summed E-state index contributed by atoms with van der Waals surface area (Å²) in [6.45, 7) is 12.8. The fraction of sp³-hybridized carbons (Fsp3) is 0.526. The Balaban J connectivity index is 2.25. The minimum atomic E-state index is -0.151. The molecule has 4 N–H and O–H groups in total. The molecule has 0 aliphatic heterocycles. The van der Waals surface area contributed by atoms with Gasteiger partial charge in [-0.05, 0) is 44.9 Å². The number of nitrogen functional groups attached to an aromatic ring is 1. The van der Waals surface area contributed by atoms with Crippen LogP contribution in [-0.4, -0.2) is 20.5 Å².